The Bertz CT molecular complexity index is 780. The summed E-state index contributed by atoms with van der Waals surface area (Å²) in [5.74, 6) is -7.78. The highest BCUT2D eigenvalue weighted by Crippen LogP contribution is 2.26. The first-order valence-corrected chi connectivity index (χ1v) is 5.46. The molecule has 9 heteroatoms. The van der Waals surface area contributed by atoms with E-state index in [0.717, 1.165) is 10.9 Å². The summed E-state index contributed by atoms with van der Waals surface area (Å²) in [7, 11) is 1.41. The number of amides is 1. The molecule has 2 rings (SSSR count). The Morgan fingerprint density at radius 2 is 2.10 bits per heavy atom. The van der Waals surface area contributed by atoms with Gasteiger partial charge in [0.05, 0.1) is 11.8 Å². The summed E-state index contributed by atoms with van der Waals surface area (Å²) in [4.78, 5) is 11.9. The molecule has 0 saturated carbocycles. The Balaban J connectivity index is 2.43. The molecule has 0 unspecified atom stereocenters. The number of aryl methyl sites for hydroxylation is 1. The molecule has 0 bridgehead atoms. The Hall–Kier alpha value is -3.02. The number of benzene rings is 1. The molecule has 2 N–H and O–H groups in total. The van der Waals surface area contributed by atoms with E-state index in [1.54, 1.807) is 6.07 Å². The summed E-state index contributed by atoms with van der Waals surface area (Å²) in [6.45, 7) is 0. The van der Waals surface area contributed by atoms with Crippen LogP contribution in [0.25, 0.3) is 0 Å². The third-order valence-electron chi connectivity index (χ3n) is 2.67. The van der Waals surface area contributed by atoms with Crippen LogP contribution in [0, 0.1) is 28.8 Å². The average molecular weight is 296 g/mol. The molecule has 1 aromatic carbocycles. The quantitative estimate of drug-likeness (QED) is 0.825. The third kappa shape index (κ3) is 2.38. The van der Waals surface area contributed by atoms with Crippen molar-refractivity contribution < 1.29 is 23.1 Å². The zero-order chi connectivity index (χ0) is 15.7. The van der Waals surface area contributed by atoms with E-state index < -0.39 is 34.7 Å². The molecule has 1 heterocycles. The van der Waals surface area contributed by atoms with Crippen LogP contribution in [-0.2, 0) is 7.05 Å². The van der Waals surface area contributed by atoms with E-state index in [0.29, 0.717) is 6.07 Å². The molecule has 1 amide bonds. The van der Waals surface area contributed by atoms with Crippen molar-refractivity contribution in [2.75, 3.05) is 5.32 Å². The van der Waals surface area contributed by atoms with Gasteiger partial charge in [0, 0.05) is 7.05 Å². The molecule has 0 spiro atoms. The zero-order valence-corrected chi connectivity index (χ0v) is 10.5. The predicted octanol–water partition coefficient (Wildman–Crippen LogP) is 1.67. The van der Waals surface area contributed by atoms with Gasteiger partial charge in [0.1, 0.15) is 17.5 Å². The highest BCUT2D eigenvalue weighted by atomic mass is 19.2. The van der Waals surface area contributed by atoms with E-state index in [4.69, 9.17) is 10.4 Å². The molecule has 0 atom stereocenters. The van der Waals surface area contributed by atoms with Gasteiger partial charge >= 0.3 is 0 Å². The number of rotatable bonds is 2. The Morgan fingerprint density at radius 3 is 2.71 bits per heavy atom. The lowest BCUT2D eigenvalue weighted by Crippen LogP contribution is -2.17. The van der Waals surface area contributed by atoms with Crippen LogP contribution in [0.4, 0.5) is 19.0 Å². The number of carbonyl (C=O) groups excluding carboxylic acids is 1. The number of phenols is 1. The summed E-state index contributed by atoms with van der Waals surface area (Å²) in [6, 6.07) is 2.05. The fourth-order valence-corrected chi connectivity index (χ4v) is 1.60. The minimum Gasteiger partial charge on any atom is -0.503 e. The smallest absolute Gasteiger partial charge is 0.260 e. The molecule has 0 aliphatic carbocycles. The molecule has 0 saturated heterocycles. The van der Waals surface area contributed by atoms with Crippen molar-refractivity contribution in [3.05, 3.63) is 40.8 Å². The van der Waals surface area contributed by atoms with Crippen LogP contribution in [0.1, 0.15) is 15.9 Å². The van der Waals surface area contributed by atoms with Gasteiger partial charge in [-0.05, 0) is 6.07 Å². The summed E-state index contributed by atoms with van der Waals surface area (Å²) >= 11 is 0. The number of hydrogen-bond donors (Lipinski definition) is 2. The van der Waals surface area contributed by atoms with Crippen LogP contribution < -0.4 is 5.32 Å². The van der Waals surface area contributed by atoms with Gasteiger partial charge in [-0.3, -0.25) is 9.48 Å². The fraction of sp³-hybridized carbons (Fsp3) is 0.0833. The molecule has 0 aliphatic rings. The Kier molecular flexibility index (Phi) is 3.54. The Morgan fingerprint density at radius 1 is 1.43 bits per heavy atom. The number of aromatic hydroxyl groups is 1. The van der Waals surface area contributed by atoms with E-state index in [9.17, 15) is 18.0 Å². The van der Waals surface area contributed by atoms with Gasteiger partial charge in [0.15, 0.2) is 17.4 Å². The molecule has 2 aromatic rings. The van der Waals surface area contributed by atoms with Gasteiger partial charge in [0.25, 0.3) is 5.91 Å². The van der Waals surface area contributed by atoms with Gasteiger partial charge in [-0.2, -0.15) is 14.8 Å². The molecule has 0 fully saturated rings. The lowest BCUT2D eigenvalue weighted by Gasteiger charge is -2.08. The summed E-state index contributed by atoms with van der Waals surface area (Å²) in [5.41, 5.74) is -0.908. The number of nitrogens with zero attached hydrogens (tertiary/aromatic N) is 3. The van der Waals surface area contributed by atoms with Crippen LogP contribution in [0.2, 0.25) is 0 Å². The second-order valence-electron chi connectivity index (χ2n) is 3.98. The van der Waals surface area contributed by atoms with E-state index >= 15 is 0 Å². The maximum Gasteiger partial charge on any atom is 0.260 e. The zero-order valence-electron chi connectivity index (χ0n) is 10.5. The lowest BCUT2D eigenvalue weighted by atomic mass is 10.1. The van der Waals surface area contributed by atoms with Crippen LogP contribution in [-0.4, -0.2) is 20.8 Å². The highest BCUT2D eigenvalue weighted by molar-refractivity contribution is 6.04. The van der Waals surface area contributed by atoms with Crippen molar-refractivity contribution in [1.82, 2.24) is 9.78 Å². The van der Waals surface area contributed by atoms with Gasteiger partial charge < -0.3 is 10.4 Å². The molecule has 1 aromatic heterocycles. The summed E-state index contributed by atoms with van der Waals surface area (Å²) in [6.07, 6.45) is 1.16. The van der Waals surface area contributed by atoms with Crippen molar-refractivity contribution >= 4 is 11.7 Å². The first-order chi connectivity index (χ1) is 9.86. The van der Waals surface area contributed by atoms with E-state index in [-0.39, 0.29) is 11.4 Å². The Labute approximate surface area is 116 Å². The van der Waals surface area contributed by atoms with Crippen molar-refractivity contribution in [2.24, 2.45) is 7.05 Å². The SMILES string of the molecule is Cn1ncc(C#N)c1NC(=O)c1cc(F)c(F)c(O)c1F. The molecule has 21 heavy (non-hydrogen) atoms. The number of phenolic OH excluding ortho intramolecular Hbond substituents is 1. The van der Waals surface area contributed by atoms with Crippen LogP contribution in [0.15, 0.2) is 12.3 Å². The number of nitrogens with one attached hydrogen (secondary N) is 1. The lowest BCUT2D eigenvalue weighted by molar-refractivity contribution is 0.102. The minimum absolute atomic E-state index is 0.00179. The van der Waals surface area contributed by atoms with Crippen molar-refractivity contribution in [3.63, 3.8) is 0 Å². The van der Waals surface area contributed by atoms with Crippen LogP contribution >= 0.6 is 0 Å². The number of nitriles is 1. The minimum atomic E-state index is -1.79. The molecule has 0 radical (unpaired) electrons. The van der Waals surface area contributed by atoms with Crippen molar-refractivity contribution in [3.8, 4) is 11.8 Å². The molecular formula is C12H7F3N4O2. The maximum atomic E-state index is 13.6. The average Bonchev–Trinajstić information content (AvgIpc) is 2.81. The first-order valence-electron chi connectivity index (χ1n) is 5.46. The number of hydrogen-bond acceptors (Lipinski definition) is 4. The monoisotopic (exact) mass is 296 g/mol. The first kappa shape index (κ1) is 14.4. The fourth-order valence-electron chi connectivity index (χ4n) is 1.60. The number of anilines is 1. The summed E-state index contributed by atoms with van der Waals surface area (Å²) < 4.78 is 40.8. The summed E-state index contributed by atoms with van der Waals surface area (Å²) in [5, 5.41) is 23.7. The molecule has 108 valence electrons. The second-order valence-corrected chi connectivity index (χ2v) is 3.98. The molecule has 0 aliphatic heterocycles. The van der Waals surface area contributed by atoms with Crippen molar-refractivity contribution in [2.45, 2.75) is 0 Å². The number of carbonyl (C=O) groups is 1. The van der Waals surface area contributed by atoms with E-state index in [2.05, 4.69) is 10.4 Å². The maximum absolute atomic E-state index is 13.6. The normalized spacial score (nSPS) is 10.2. The number of halogens is 3. The number of aromatic nitrogens is 2. The van der Waals surface area contributed by atoms with E-state index in [1.165, 1.54) is 7.05 Å². The third-order valence-corrected chi connectivity index (χ3v) is 2.67. The van der Waals surface area contributed by atoms with Crippen LogP contribution in [0.5, 0.6) is 5.75 Å². The predicted molar refractivity (Wildman–Crippen MR) is 63.9 cm³/mol. The van der Waals surface area contributed by atoms with Gasteiger partial charge in [-0.15, -0.1) is 0 Å². The molecular weight excluding hydrogens is 289 g/mol. The van der Waals surface area contributed by atoms with Crippen LogP contribution in [0.3, 0.4) is 0 Å². The standard InChI is InChI=1S/C12H7F3N4O2/c1-19-11(5(3-16)4-17-19)18-12(21)6-2-7(13)9(15)10(20)8(6)14/h2,4,20H,1H3,(H,18,21). The van der Waals surface area contributed by atoms with Gasteiger partial charge in [0.2, 0.25) is 5.82 Å². The van der Waals surface area contributed by atoms with Gasteiger partial charge in [-0.1, -0.05) is 0 Å². The second kappa shape index (κ2) is 5.16. The largest absolute Gasteiger partial charge is 0.503 e. The topological polar surface area (TPSA) is 90.9 Å². The highest BCUT2D eigenvalue weighted by Gasteiger charge is 2.23. The van der Waals surface area contributed by atoms with Gasteiger partial charge in [-0.25, -0.2) is 8.78 Å². The van der Waals surface area contributed by atoms with E-state index in [1.807, 2.05) is 0 Å². The van der Waals surface area contributed by atoms with Crippen molar-refractivity contribution in [1.29, 1.82) is 5.26 Å². The molecule has 6 nitrogen and oxygen atoms in total.